The van der Waals surface area contributed by atoms with E-state index < -0.39 is 28.6 Å². The van der Waals surface area contributed by atoms with Crippen molar-refractivity contribution >= 4 is 22.8 Å². The highest BCUT2D eigenvalue weighted by atomic mass is 19.1. The molecule has 4 aromatic rings. The van der Waals surface area contributed by atoms with Crippen LogP contribution in [0.4, 0.5) is 4.39 Å². The molecule has 0 bridgehead atoms. The predicted molar refractivity (Wildman–Crippen MR) is 127 cm³/mol. The summed E-state index contributed by atoms with van der Waals surface area (Å²) in [6.07, 6.45) is 2.95. The maximum Gasteiger partial charge on any atom is 0.267 e. The molecule has 5 rings (SSSR count). The summed E-state index contributed by atoms with van der Waals surface area (Å²) >= 11 is 0. The van der Waals surface area contributed by atoms with Gasteiger partial charge in [0.1, 0.15) is 52.6 Å². The number of benzene rings is 1. The molecule has 1 aliphatic rings. The van der Waals surface area contributed by atoms with Gasteiger partial charge in [0.05, 0.1) is 12.2 Å². The minimum absolute atomic E-state index is 0.000844. The number of pyridine rings is 1. The maximum atomic E-state index is 13.6. The molecule has 0 unspecified atom stereocenters. The first-order valence-electron chi connectivity index (χ1n) is 11.1. The summed E-state index contributed by atoms with van der Waals surface area (Å²) < 4.78 is 19.4. The average Bonchev–Trinajstić information content (AvgIpc) is 3.45. The number of ether oxygens (including phenoxy) is 1. The predicted octanol–water partition coefficient (Wildman–Crippen LogP) is 1.93. The molecule has 0 saturated carbocycles. The standard InChI is InChI=1S/C25H23FN6O4/c1-24(23(27)34)11-36-20-16(24)8-18(32-19(20)13-3-5-15(26)6-4-13)25(2,35)10-29-22(33)17-7-14-9-28-12-30-21(14)31-17/h3-9,12,35H,10-11H2,1-2H3,(H2,27,34)(H,29,33)(H,28,30,31)/t24-,25-/m0/s1. The third kappa shape index (κ3) is 3.93. The average molecular weight is 490 g/mol. The monoisotopic (exact) mass is 490 g/mol. The second kappa shape index (κ2) is 8.38. The Balaban J connectivity index is 1.50. The van der Waals surface area contributed by atoms with E-state index in [1.807, 2.05) is 0 Å². The van der Waals surface area contributed by atoms with Crippen LogP contribution >= 0.6 is 0 Å². The number of hydrogen-bond acceptors (Lipinski definition) is 7. The van der Waals surface area contributed by atoms with Crippen molar-refractivity contribution in [1.82, 2.24) is 25.3 Å². The molecule has 0 spiro atoms. The molecular formula is C25H23FN6O4. The molecule has 4 heterocycles. The number of primary amides is 1. The van der Waals surface area contributed by atoms with Crippen molar-refractivity contribution in [3.8, 4) is 17.0 Å². The highest BCUT2D eigenvalue weighted by Gasteiger charge is 2.45. The number of amides is 2. The quantitative estimate of drug-likeness (QED) is 0.322. The molecule has 3 aromatic heterocycles. The Labute approximate surface area is 204 Å². The van der Waals surface area contributed by atoms with Crippen LogP contribution in [0.1, 0.15) is 35.6 Å². The number of aliphatic hydroxyl groups is 1. The van der Waals surface area contributed by atoms with Gasteiger partial charge in [-0.25, -0.2) is 19.3 Å². The first-order valence-corrected chi connectivity index (χ1v) is 11.1. The number of aromatic amines is 1. The Morgan fingerprint density at radius 2 is 2.06 bits per heavy atom. The molecule has 1 aromatic carbocycles. The second-order valence-electron chi connectivity index (χ2n) is 9.19. The zero-order chi connectivity index (χ0) is 25.7. The second-order valence-corrected chi connectivity index (χ2v) is 9.19. The molecule has 10 nitrogen and oxygen atoms in total. The summed E-state index contributed by atoms with van der Waals surface area (Å²) in [4.78, 5) is 40.6. The van der Waals surface area contributed by atoms with Crippen LogP contribution < -0.4 is 15.8 Å². The molecular weight excluding hydrogens is 467 g/mol. The van der Waals surface area contributed by atoms with Gasteiger partial charge >= 0.3 is 0 Å². The van der Waals surface area contributed by atoms with Crippen molar-refractivity contribution in [2.75, 3.05) is 13.2 Å². The summed E-state index contributed by atoms with van der Waals surface area (Å²) in [5.41, 5.74) is 5.14. The lowest BCUT2D eigenvalue weighted by atomic mass is 9.82. The van der Waals surface area contributed by atoms with Gasteiger partial charge in [-0.15, -0.1) is 0 Å². The van der Waals surface area contributed by atoms with Crippen LogP contribution in [0.2, 0.25) is 0 Å². The number of nitrogens with one attached hydrogen (secondary N) is 2. The molecule has 0 aliphatic carbocycles. The van der Waals surface area contributed by atoms with Crippen LogP contribution in [0, 0.1) is 5.82 Å². The van der Waals surface area contributed by atoms with Gasteiger partial charge in [-0.3, -0.25) is 9.59 Å². The van der Waals surface area contributed by atoms with E-state index in [-0.39, 0.29) is 24.5 Å². The van der Waals surface area contributed by atoms with Gasteiger partial charge in [0, 0.05) is 22.7 Å². The lowest BCUT2D eigenvalue weighted by Crippen LogP contribution is -2.41. The molecule has 0 saturated heterocycles. The highest BCUT2D eigenvalue weighted by Crippen LogP contribution is 2.45. The van der Waals surface area contributed by atoms with E-state index in [0.717, 1.165) is 0 Å². The van der Waals surface area contributed by atoms with E-state index >= 15 is 0 Å². The molecule has 184 valence electrons. The number of fused-ring (bicyclic) bond motifs is 2. The normalized spacial score (nSPS) is 18.3. The van der Waals surface area contributed by atoms with Crippen molar-refractivity contribution < 1.29 is 23.8 Å². The number of nitrogens with zero attached hydrogens (tertiary/aromatic N) is 3. The Kier molecular flexibility index (Phi) is 5.44. The molecule has 36 heavy (non-hydrogen) atoms. The van der Waals surface area contributed by atoms with Crippen LogP contribution in [0.3, 0.4) is 0 Å². The van der Waals surface area contributed by atoms with E-state index in [2.05, 4.69) is 25.3 Å². The Morgan fingerprint density at radius 1 is 1.31 bits per heavy atom. The summed E-state index contributed by atoms with van der Waals surface area (Å²) in [6, 6.07) is 8.78. The third-order valence-electron chi connectivity index (χ3n) is 6.42. The number of carbonyl (C=O) groups excluding carboxylic acids is 2. The summed E-state index contributed by atoms with van der Waals surface area (Å²) in [6.45, 7) is 2.94. The Bertz CT molecular complexity index is 1470. The van der Waals surface area contributed by atoms with Crippen molar-refractivity contribution in [2.24, 2.45) is 5.73 Å². The minimum atomic E-state index is -1.65. The number of carbonyl (C=O) groups is 2. The van der Waals surface area contributed by atoms with Crippen molar-refractivity contribution in [1.29, 1.82) is 0 Å². The molecule has 0 fully saturated rings. The summed E-state index contributed by atoms with van der Waals surface area (Å²) in [5.74, 6) is -1.14. The van der Waals surface area contributed by atoms with Gasteiger partial charge in [-0.1, -0.05) is 0 Å². The lowest BCUT2D eigenvalue weighted by molar-refractivity contribution is -0.123. The largest absolute Gasteiger partial charge is 0.489 e. The third-order valence-corrected chi connectivity index (χ3v) is 6.42. The van der Waals surface area contributed by atoms with Gasteiger partial charge in [-0.2, -0.15) is 0 Å². The zero-order valence-corrected chi connectivity index (χ0v) is 19.5. The number of nitrogens with two attached hydrogens (primary N) is 1. The Hall–Kier alpha value is -4.38. The maximum absolute atomic E-state index is 13.6. The zero-order valence-electron chi connectivity index (χ0n) is 19.5. The van der Waals surface area contributed by atoms with Crippen molar-refractivity contribution in [3.05, 3.63) is 71.7 Å². The first-order chi connectivity index (χ1) is 17.1. The summed E-state index contributed by atoms with van der Waals surface area (Å²) in [7, 11) is 0. The summed E-state index contributed by atoms with van der Waals surface area (Å²) in [5, 5.41) is 14.7. The van der Waals surface area contributed by atoms with Crippen LogP contribution in [0.25, 0.3) is 22.3 Å². The molecule has 2 atom stereocenters. The smallest absolute Gasteiger partial charge is 0.267 e. The molecule has 5 N–H and O–H groups in total. The van der Waals surface area contributed by atoms with Crippen LogP contribution in [0.15, 0.2) is 48.9 Å². The molecule has 2 amide bonds. The number of aromatic nitrogens is 4. The number of halogens is 1. The fraction of sp³-hybridized carbons (Fsp3) is 0.240. The van der Waals surface area contributed by atoms with E-state index in [9.17, 15) is 19.1 Å². The van der Waals surface area contributed by atoms with Crippen molar-refractivity contribution in [3.63, 3.8) is 0 Å². The van der Waals surface area contributed by atoms with Crippen LogP contribution in [0.5, 0.6) is 5.75 Å². The van der Waals surface area contributed by atoms with Gasteiger partial charge in [0.25, 0.3) is 5.91 Å². The molecule has 11 heteroatoms. The number of H-pyrrole nitrogens is 1. The van der Waals surface area contributed by atoms with Gasteiger partial charge in [0.2, 0.25) is 5.91 Å². The SMILES string of the molecule is C[C@](O)(CNC(=O)c1cc2cncnc2[nH]1)c1cc2c(c(-c3ccc(F)cc3)n1)OC[C@]2(C)C(N)=O. The van der Waals surface area contributed by atoms with Crippen LogP contribution in [-0.2, 0) is 15.8 Å². The number of rotatable bonds is 6. The fourth-order valence-electron chi connectivity index (χ4n) is 4.10. The fourth-order valence-corrected chi connectivity index (χ4v) is 4.10. The van der Waals surface area contributed by atoms with E-state index in [0.29, 0.717) is 33.6 Å². The van der Waals surface area contributed by atoms with E-state index in [1.54, 1.807) is 25.3 Å². The van der Waals surface area contributed by atoms with E-state index in [1.165, 1.54) is 37.5 Å². The Morgan fingerprint density at radius 3 is 2.75 bits per heavy atom. The van der Waals surface area contributed by atoms with Gasteiger partial charge in [-0.05, 0) is 50.2 Å². The number of hydrogen-bond donors (Lipinski definition) is 4. The molecule has 1 aliphatic heterocycles. The van der Waals surface area contributed by atoms with Crippen LogP contribution in [-0.4, -0.2) is 50.0 Å². The lowest BCUT2D eigenvalue weighted by Gasteiger charge is -2.26. The minimum Gasteiger partial charge on any atom is -0.489 e. The van der Waals surface area contributed by atoms with E-state index in [4.69, 9.17) is 10.5 Å². The van der Waals surface area contributed by atoms with Crippen molar-refractivity contribution in [2.45, 2.75) is 24.9 Å². The molecule has 0 radical (unpaired) electrons. The van der Waals surface area contributed by atoms with Gasteiger partial charge < -0.3 is 25.9 Å². The van der Waals surface area contributed by atoms with Gasteiger partial charge in [0.15, 0.2) is 0 Å². The first kappa shape index (κ1) is 23.4. The highest BCUT2D eigenvalue weighted by molar-refractivity contribution is 5.97. The topological polar surface area (TPSA) is 156 Å².